The summed E-state index contributed by atoms with van der Waals surface area (Å²) in [7, 11) is 1.77. The number of hydrogen-bond donors (Lipinski definition) is 3. The maximum atomic E-state index is 13.9. The first-order valence-corrected chi connectivity index (χ1v) is 18.0. The average Bonchev–Trinajstić information content (AvgIpc) is 3.38. The standard InChI is InChI=1S/C41H33Cl2N5O4S/c1-26-36(41(52)48(47(26)2)32-16-10-5-11-17-32)46-40(51)37(27-12-6-3-7-13-27)53-33-22-20-31(21-23-33)44-39(50)35(24-29-18-19-30(42)25-34(29)43)45-38(49)28-14-8-4-9-15-28/h3-25,37H,1-2H3,(H,44,50)(H,45,49)(H,46,51)/b35-24-. The van der Waals surface area contributed by atoms with Crippen LogP contribution in [0.25, 0.3) is 11.8 Å². The largest absolute Gasteiger partial charge is 0.321 e. The van der Waals surface area contributed by atoms with Crippen LogP contribution in [-0.2, 0) is 16.6 Å². The number of rotatable bonds is 11. The smallest absolute Gasteiger partial charge is 0.295 e. The van der Waals surface area contributed by atoms with E-state index < -0.39 is 17.1 Å². The first-order chi connectivity index (χ1) is 25.6. The normalized spacial score (nSPS) is 11.8. The van der Waals surface area contributed by atoms with Crippen LogP contribution in [0.15, 0.2) is 149 Å². The molecule has 1 heterocycles. The highest BCUT2D eigenvalue weighted by Crippen LogP contribution is 2.37. The summed E-state index contributed by atoms with van der Waals surface area (Å²) >= 11 is 13.8. The summed E-state index contributed by atoms with van der Waals surface area (Å²) in [6.45, 7) is 1.78. The molecular formula is C41H33Cl2N5O4S. The van der Waals surface area contributed by atoms with Gasteiger partial charge in [0.2, 0.25) is 5.91 Å². The number of nitrogens with one attached hydrogen (secondary N) is 3. The molecule has 0 aliphatic carbocycles. The molecule has 9 nitrogen and oxygen atoms in total. The van der Waals surface area contributed by atoms with Crippen molar-refractivity contribution in [3.05, 3.63) is 182 Å². The number of hydrogen-bond acceptors (Lipinski definition) is 5. The van der Waals surface area contributed by atoms with Gasteiger partial charge in [0.05, 0.1) is 11.4 Å². The minimum atomic E-state index is -0.715. The monoisotopic (exact) mass is 761 g/mol. The molecule has 0 fully saturated rings. The van der Waals surface area contributed by atoms with Gasteiger partial charge in [0.1, 0.15) is 16.6 Å². The highest BCUT2D eigenvalue weighted by Gasteiger charge is 2.26. The number of carbonyl (C=O) groups excluding carboxylic acids is 3. The molecule has 266 valence electrons. The summed E-state index contributed by atoms with van der Waals surface area (Å²) in [4.78, 5) is 54.9. The van der Waals surface area contributed by atoms with E-state index in [0.717, 1.165) is 10.5 Å². The number of thioether (sulfide) groups is 1. The lowest BCUT2D eigenvalue weighted by molar-refractivity contribution is -0.116. The van der Waals surface area contributed by atoms with E-state index in [1.165, 1.54) is 22.5 Å². The molecule has 1 unspecified atom stereocenters. The fourth-order valence-electron chi connectivity index (χ4n) is 5.47. The lowest BCUT2D eigenvalue weighted by atomic mass is 10.1. The average molecular weight is 763 g/mol. The molecule has 1 aromatic heterocycles. The summed E-state index contributed by atoms with van der Waals surface area (Å²) in [5, 5.41) is 8.45. The van der Waals surface area contributed by atoms with Crippen molar-refractivity contribution in [3.63, 3.8) is 0 Å². The van der Waals surface area contributed by atoms with Gasteiger partial charge >= 0.3 is 0 Å². The van der Waals surface area contributed by atoms with Crippen LogP contribution < -0.4 is 21.5 Å². The summed E-state index contributed by atoms with van der Waals surface area (Å²) < 4.78 is 3.23. The van der Waals surface area contributed by atoms with E-state index >= 15 is 0 Å². The molecule has 6 rings (SSSR count). The van der Waals surface area contributed by atoms with Crippen LogP contribution in [0.3, 0.4) is 0 Å². The molecule has 12 heteroatoms. The van der Waals surface area contributed by atoms with Crippen molar-refractivity contribution in [2.24, 2.45) is 7.05 Å². The second-order valence-corrected chi connectivity index (χ2v) is 13.9. The minimum absolute atomic E-state index is 0.0372. The van der Waals surface area contributed by atoms with Crippen molar-refractivity contribution in [1.29, 1.82) is 0 Å². The van der Waals surface area contributed by atoms with Gasteiger partial charge in [0.25, 0.3) is 17.4 Å². The Morgan fingerprint density at radius 3 is 2.04 bits per heavy atom. The Kier molecular flexibility index (Phi) is 11.6. The molecule has 0 radical (unpaired) electrons. The second-order valence-electron chi connectivity index (χ2n) is 11.9. The molecule has 0 aliphatic heterocycles. The van der Waals surface area contributed by atoms with E-state index in [9.17, 15) is 19.2 Å². The molecule has 0 aliphatic rings. The van der Waals surface area contributed by atoms with Crippen molar-refractivity contribution in [2.45, 2.75) is 17.1 Å². The Balaban J connectivity index is 1.22. The fraction of sp³-hybridized carbons (Fsp3) is 0.0732. The lowest BCUT2D eigenvalue weighted by Crippen LogP contribution is -2.30. The summed E-state index contributed by atoms with van der Waals surface area (Å²) in [6.07, 6.45) is 1.48. The zero-order valence-corrected chi connectivity index (χ0v) is 30.9. The van der Waals surface area contributed by atoms with E-state index in [4.69, 9.17) is 23.2 Å². The number of halogens is 2. The zero-order chi connectivity index (χ0) is 37.5. The van der Waals surface area contributed by atoms with Gasteiger partial charge in [0, 0.05) is 33.2 Å². The molecule has 0 saturated carbocycles. The molecular weight excluding hydrogens is 729 g/mol. The quantitative estimate of drug-likeness (QED) is 0.0904. The molecule has 0 saturated heterocycles. The number of carbonyl (C=O) groups is 3. The van der Waals surface area contributed by atoms with Gasteiger partial charge in [-0.2, -0.15) is 0 Å². The molecule has 1 atom stereocenters. The summed E-state index contributed by atoms with van der Waals surface area (Å²) in [5.41, 5.74) is 3.16. The highest BCUT2D eigenvalue weighted by molar-refractivity contribution is 8.00. The van der Waals surface area contributed by atoms with Gasteiger partial charge in [-0.1, -0.05) is 96.0 Å². The maximum absolute atomic E-state index is 13.9. The Bertz CT molecular complexity index is 2360. The summed E-state index contributed by atoms with van der Waals surface area (Å²) in [5.74, 6) is -1.42. The molecule has 5 aromatic carbocycles. The first-order valence-electron chi connectivity index (χ1n) is 16.4. The van der Waals surface area contributed by atoms with Gasteiger partial charge < -0.3 is 16.0 Å². The molecule has 3 amide bonds. The lowest BCUT2D eigenvalue weighted by Gasteiger charge is -2.17. The van der Waals surface area contributed by atoms with Crippen LogP contribution in [0.1, 0.15) is 32.4 Å². The Labute approximate surface area is 320 Å². The van der Waals surface area contributed by atoms with E-state index in [-0.39, 0.29) is 22.9 Å². The van der Waals surface area contributed by atoms with Crippen LogP contribution >= 0.6 is 35.0 Å². The van der Waals surface area contributed by atoms with Gasteiger partial charge in [-0.15, -0.1) is 11.8 Å². The third kappa shape index (κ3) is 8.81. The van der Waals surface area contributed by atoms with E-state index in [1.807, 2.05) is 60.7 Å². The molecule has 53 heavy (non-hydrogen) atoms. The van der Waals surface area contributed by atoms with Crippen molar-refractivity contribution in [3.8, 4) is 5.69 Å². The Morgan fingerprint density at radius 2 is 1.40 bits per heavy atom. The number of aromatic nitrogens is 2. The van der Waals surface area contributed by atoms with Gasteiger partial charge in [-0.25, -0.2) is 4.68 Å². The third-order valence-corrected chi connectivity index (χ3v) is 10.1. The highest BCUT2D eigenvalue weighted by atomic mass is 35.5. The number of benzene rings is 5. The zero-order valence-electron chi connectivity index (χ0n) is 28.5. The molecule has 0 bridgehead atoms. The minimum Gasteiger partial charge on any atom is -0.321 e. The van der Waals surface area contributed by atoms with Crippen molar-refractivity contribution in [1.82, 2.24) is 14.7 Å². The van der Waals surface area contributed by atoms with E-state index in [2.05, 4.69) is 16.0 Å². The first kappa shape index (κ1) is 37.0. The van der Waals surface area contributed by atoms with Gasteiger partial charge in [0.15, 0.2) is 0 Å². The number of anilines is 2. The van der Waals surface area contributed by atoms with Crippen LogP contribution in [0.4, 0.5) is 11.4 Å². The van der Waals surface area contributed by atoms with Gasteiger partial charge in [-0.05, 0) is 84.8 Å². The predicted molar refractivity (Wildman–Crippen MR) is 213 cm³/mol. The van der Waals surface area contributed by atoms with Crippen LogP contribution in [0.2, 0.25) is 10.0 Å². The predicted octanol–water partition coefficient (Wildman–Crippen LogP) is 8.67. The number of para-hydroxylation sites is 1. The van der Waals surface area contributed by atoms with E-state index in [1.54, 1.807) is 91.4 Å². The Morgan fingerprint density at radius 1 is 0.774 bits per heavy atom. The third-order valence-electron chi connectivity index (χ3n) is 8.30. The van der Waals surface area contributed by atoms with Crippen molar-refractivity contribution >= 4 is 70.1 Å². The molecule has 6 aromatic rings. The van der Waals surface area contributed by atoms with E-state index in [0.29, 0.717) is 38.2 Å². The molecule has 0 spiro atoms. The second kappa shape index (κ2) is 16.7. The maximum Gasteiger partial charge on any atom is 0.295 e. The summed E-state index contributed by atoms with van der Waals surface area (Å²) in [6, 6.07) is 38.8. The SMILES string of the molecule is Cc1c(NC(=O)C(Sc2ccc(NC(=O)/C(=C/c3ccc(Cl)cc3Cl)NC(=O)c3ccccc3)cc2)c2ccccc2)c(=O)n(-c2ccccc2)n1C. The van der Waals surface area contributed by atoms with Crippen molar-refractivity contribution < 1.29 is 14.4 Å². The fourth-order valence-corrected chi connectivity index (χ4v) is 6.96. The van der Waals surface area contributed by atoms with Gasteiger partial charge in [-0.3, -0.25) is 23.9 Å². The van der Waals surface area contributed by atoms with Crippen molar-refractivity contribution in [2.75, 3.05) is 10.6 Å². The number of amides is 3. The number of nitrogens with zero attached hydrogens (tertiary/aromatic N) is 2. The Hall–Kier alpha value is -5.81. The van der Waals surface area contributed by atoms with Crippen LogP contribution in [-0.4, -0.2) is 27.1 Å². The van der Waals surface area contributed by atoms with Crippen LogP contribution in [0.5, 0.6) is 0 Å². The van der Waals surface area contributed by atoms with Crippen LogP contribution in [0, 0.1) is 6.92 Å². The topological polar surface area (TPSA) is 114 Å². The molecule has 3 N–H and O–H groups in total.